The van der Waals surface area contributed by atoms with Gasteiger partial charge in [0.1, 0.15) is 5.82 Å². The van der Waals surface area contributed by atoms with Crippen molar-refractivity contribution in [3.8, 4) is 0 Å². The lowest BCUT2D eigenvalue weighted by Crippen LogP contribution is -2.67. The summed E-state index contributed by atoms with van der Waals surface area (Å²) in [7, 11) is -5.63. The lowest BCUT2D eigenvalue weighted by molar-refractivity contribution is 0.134. The van der Waals surface area contributed by atoms with Crippen LogP contribution in [-0.4, -0.2) is 39.4 Å². The van der Waals surface area contributed by atoms with Crippen LogP contribution in [0.2, 0.25) is 10.1 Å². The predicted molar refractivity (Wildman–Crippen MR) is 220 cm³/mol. The number of rotatable bonds is 11. The summed E-state index contributed by atoms with van der Waals surface area (Å²) in [4.78, 5) is 17.2. The van der Waals surface area contributed by atoms with Gasteiger partial charge in [0.2, 0.25) is 0 Å². The fourth-order valence-corrected chi connectivity index (χ4v) is 17.5. The zero-order valence-corrected chi connectivity index (χ0v) is 33.4. The summed E-state index contributed by atoms with van der Waals surface area (Å²) in [6, 6.07) is 44.7. The Morgan fingerprint density at radius 2 is 1.04 bits per heavy atom. The lowest BCUT2D eigenvalue weighted by atomic mass is 9.82. The van der Waals surface area contributed by atoms with E-state index in [1.54, 1.807) is 16.8 Å². The van der Waals surface area contributed by atoms with Gasteiger partial charge in [-0.25, -0.2) is 4.79 Å². The Balaban J connectivity index is 1.42. The van der Waals surface area contributed by atoms with Crippen LogP contribution in [0.5, 0.6) is 0 Å². The van der Waals surface area contributed by atoms with Crippen molar-refractivity contribution >= 4 is 43.2 Å². The third kappa shape index (κ3) is 7.30. The number of nitrogen functional groups attached to an aromatic ring is 1. The number of aromatic nitrogens is 2. The van der Waals surface area contributed by atoms with E-state index in [9.17, 15) is 4.79 Å². The summed E-state index contributed by atoms with van der Waals surface area (Å²) in [6.45, 7) is 14.9. The topological polar surface area (TPSA) is 79.4 Å². The third-order valence-electron chi connectivity index (χ3n) is 10.8. The maximum absolute atomic E-state index is 13.1. The molecule has 0 saturated carbocycles. The van der Waals surface area contributed by atoms with Gasteiger partial charge in [-0.15, -0.1) is 0 Å². The van der Waals surface area contributed by atoms with Crippen LogP contribution >= 0.6 is 0 Å². The molecule has 0 saturated heterocycles. The van der Waals surface area contributed by atoms with Gasteiger partial charge in [0.05, 0.1) is 6.04 Å². The molecule has 5 aromatic rings. The summed E-state index contributed by atoms with van der Waals surface area (Å²) < 4.78 is 16.8. The normalized spacial score (nSPS) is 18.3. The zero-order valence-electron chi connectivity index (χ0n) is 31.4. The predicted octanol–water partition coefficient (Wildman–Crippen LogP) is 6.71. The number of benzene rings is 4. The maximum Gasteiger partial charge on any atom is 0.350 e. The highest BCUT2D eigenvalue weighted by Crippen LogP contribution is 2.41. The number of nitrogens with zero attached hydrogens (tertiary/aromatic N) is 2. The minimum atomic E-state index is -2.83. The van der Waals surface area contributed by atoms with E-state index < -0.39 is 16.6 Å². The average Bonchev–Trinajstić information content (AvgIpc) is 3.13. The van der Waals surface area contributed by atoms with Gasteiger partial charge in [0.15, 0.2) is 0 Å². The van der Waals surface area contributed by atoms with Gasteiger partial charge in [-0.3, -0.25) is 4.57 Å². The first-order chi connectivity index (χ1) is 24.9. The molecule has 2 N–H and O–H groups in total. The molecule has 0 fully saturated rings. The summed E-state index contributed by atoms with van der Waals surface area (Å²) in [6.07, 6.45) is 6.88. The van der Waals surface area contributed by atoms with Crippen LogP contribution in [0.3, 0.4) is 0 Å². The highest BCUT2D eigenvalue weighted by Gasteiger charge is 2.52. The number of anilines is 1. The number of nitrogens with two attached hydrogens (primary N) is 1. The Hall–Kier alpha value is -4.35. The van der Waals surface area contributed by atoms with Crippen molar-refractivity contribution in [1.29, 1.82) is 0 Å². The summed E-state index contributed by atoms with van der Waals surface area (Å²) in [5.41, 5.74) is 5.55. The Kier molecular flexibility index (Phi) is 11.0. The highest BCUT2D eigenvalue weighted by atomic mass is 28.4. The lowest BCUT2D eigenvalue weighted by Gasteiger charge is -2.46. The van der Waals surface area contributed by atoms with E-state index in [4.69, 9.17) is 14.6 Å². The Morgan fingerprint density at radius 1 is 0.635 bits per heavy atom. The molecule has 0 amide bonds. The molecule has 1 aliphatic rings. The van der Waals surface area contributed by atoms with E-state index in [1.165, 1.54) is 20.7 Å². The Morgan fingerprint density at radius 3 is 1.42 bits per heavy atom. The maximum atomic E-state index is 13.1. The van der Waals surface area contributed by atoms with Crippen LogP contribution in [0.4, 0.5) is 5.82 Å². The van der Waals surface area contributed by atoms with Crippen LogP contribution in [-0.2, 0) is 8.85 Å². The molecular weight excluding hydrogens is 675 g/mol. The van der Waals surface area contributed by atoms with Crippen LogP contribution in [0.15, 0.2) is 151 Å². The minimum Gasteiger partial charge on any atom is -0.407 e. The van der Waals surface area contributed by atoms with Crippen LogP contribution in [0.25, 0.3) is 0 Å². The van der Waals surface area contributed by atoms with E-state index in [2.05, 4.69) is 180 Å². The van der Waals surface area contributed by atoms with Crippen LogP contribution in [0.1, 0.15) is 54.0 Å². The van der Waals surface area contributed by atoms with E-state index >= 15 is 0 Å². The third-order valence-corrected chi connectivity index (χ3v) is 20.8. The molecule has 0 radical (unpaired) electrons. The molecule has 0 unspecified atom stereocenters. The Bertz CT molecular complexity index is 1910. The van der Waals surface area contributed by atoms with Crippen molar-refractivity contribution in [2.45, 2.75) is 64.1 Å². The van der Waals surface area contributed by atoms with Crippen molar-refractivity contribution < 1.29 is 8.85 Å². The van der Waals surface area contributed by atoms with E-state index in [0.717, 1.165) is 0 Å². The summed E-state index contributed by atoms with van der Waals surface area (Å²) in [5, 5.41) is 4.68. The van der Waals surface area contributed by atoms with Gasteiger partial charge in [-0.2, -0.15) is 4.98 Å². The van der Waals surface area contributed by atoms with E-state index in [1.807, 2.05) is 0 Å². The highest BCUT2D eigenvalue weighted by molar-refractivity contribution is 7.00. The van der Waals surface area contributed by atoms with Crippen LogP contribution < -0.4 is 32.2 Å². The van der Waals surface area contributed by atoms with Gasteiger partial charge in [-0.1, -0.05) is 175 Å². The fraction of sp³-hybridized carbons (Fsp3) is 0.318. The largest absolute Gasteiger partial charge is 0.407 e. The SMILES string of the molecule is CC(C)(C)[Si](OC[C@H]1C[C@@H](n2ccc(N)nc2=O)C=C[C@@H]1CO[Si](c1ccccc1)(c1ccccc1)C(C)(C)C)(c1ccccc1)c1ccccc1. The van der Waals surface area contributed by atoms with E-state index in [-0.39, 0.29) is 39.5 Å². The second-order valence-electron chi connectivity index (χ2n) is 16.1. The van der Waals surface area contributed by atoms with Crippen molar-refractivity contribution in [2.24, 2.45) is 11.8 Å². The first-order valence-electron chi connectivity index (χ1n) is 18.4. The molecule has 0 aliphatic heterocycles. The standard InChI is InChI=1S/C44H53N3O3Si2/c1-43(2,3)51(37-19-11-7-12-20-37,38-21-13-8-14-22-38)49-32-34-27-28-36(47-30-29-41(45)46-42(47)48)31-35(34)33-50-52(44(4,5)6,39-23-15-9-16-24-39)40-25-17-10-18-26-40/h7-30,34-36H,31-33H2,1-6H3,(H2,45,46,48)/t34-,35-,36+/m1/s1. The smallest absolute Gasteiger partial charge is 0.350 e. The van der Waals surface area contributed by atoms with Crippen molar-refractivity contribution in [3.63, 3.8) is 0 Å². The van der Waals surface area contributed by atoms with Crippen molar-refractivity contribution in [3.05, 3.63) is 156 Å². The molecule has 1 aliphatic carbocycles. The molecule has 0 spiro atoms. The first kappa shape index (κ1) is 37.4. The molecule has 1 aromatic heterocycles. The molecular formula is C44H53N3O3Si2. The summed E-state index contributed by atoms with van der Waals surface area (Å²) >= 11 is 0. The van der Waals surface area contributed by atoms with Gasteiger partial charge in [0.25, 0.3) is 16.6 Å². The molecule has 6 nitrogen and oxygen atoms in total. The van der Waals surface area contributed by atoms with Gasteiger partial charge in [-0.05, 0) is 49.2 Å². The molecule has 270 valence electrons. The number of hydrogen-bond acceptors (Lipinski definition) is 5. The average molecular weight is 728 g/mol. The first-order valence-corrected chi connectivity index (χ1v) is 22.2. The zero-order chi connectivity index (χ0) is 37.0. The molecule has 4 aromatic carbocycles. The molecule has 1 heterocycles. The van der Waals surface area contributed by atoms with Gasteiger partial charge >= 0.3 is 5.69 Å². The molecule has 6 rings (SSSR count). The fourth-order valence-electron chi connectivity index (χ4n) is 8.24. The molecule has 0 bridgehead atoms. The molecule has 3 atom stereocenters. The van der Waals surface area contributed by atoms with Crippen molar-refractivity contribution in [1.82, 2.24) is 9.55 Å². The minimum absolute atomic E-state index is 0.0496. The second-order valence-corrected chi connectivity index (χ2v) is 24.7. The molecule has 8 heteroatoms. The van der Waals surface area contributed by atoms with Crippen molar-refractivity contribution in [2.75, 3.05) is 18.9 Å². The van der Waals surface area contributed by atoms with E-state index in [0.29, 0.717) is 19.6 Å². The second kappa shape index (κ2) is 15.3. The Labute approximate surface area is 311 Å². The molecule has 52 heavy (non-hydrogen) atoms. The van der Waals surface area contributed by atoms with Crippen LogP contribution in [0, 0.1) is 11.8 Å². The van der Waals surface area contributed by atoms with Gasteiger partial charge < -0.3 is 14.6 Å². The summed E-state index contributed by atoms with van der Waals surface area (Å²) in [5.74, 6) is 0.331. The monoisotopic (exact) mass is 727 g/mol. The number of allylic oxidation sites excluding steroid dienone is 1. The van der Waals surface area contributed by atoms with Gasteiger partial charge in [0, 0.05) is 25.3 Å². The number of hydrogen-bond donors (Lipinski definition) is 1. The quantitative estimate of drug-likeness (QED) is 0.121.